The van der Waals surface area contributed by atoms with Crippen LogP contribution in [0.4, 0.5) is 10.5 Å². The van der Waals surface area contributed by atoms with E-state index in [-0.39, 0.29) is 6.42 Å². The number of rotatable bonds is 5. The van der Waals surface area contributed by atoms with E-state index < -0.39 is 12.0 Å². The summed E-state index contributed by atoms with van der Waals surface area (Å²) < 4.78 is 5.01. The van der Waals surface area contributed by atoms with E-state index in [1.165, 1.54) is 13.2 Å². The third-order valence-corrected chi connectivity index (χ3v) is 2.50. The number of anilines is 1. The van der Waals surface area contributed by atoms with E-state index in [1.54, 1.807) is 18.2 Å². The Morgan fingerprint density at radius 2 is 2.11 bits per heavy atom. The van der Waals surface area contributed by atoms with Gasteiger partial charge >= 0.3 is 6.09 Å². The third kappa shape index (κ3) is 3.48. The summed E-state index contributed by atoms with van der Waals surface area (Å²) in [5.74, 6) is 0.0969. The molecule has 0 bridgehead atoms. The van der Waals surface area contributed by atoms with Gasteiger partial charge in [-0.05, 0) is 18.6 Å². The zero-order valence-electron chi connectivity index (χ0n) is 10.5. The van der Waals surface area contributed by atoms with Crippen molar-refractivity contribution in [3.8, 4) is 5.75 Å². The second kappa shape index (κ2) is 6.64. The van der Waals surface area contributed by atoms with Gasteiger partial charge in [0.1, 0.15) is 5.75 Å². The number of carbonyl (C=O) groups is 2. The Labute approximate surface area is 106 Å². The lowest BCUT2D eigenvalue weighted by Crippen LogP contribution is -2.35. The Kier molecular flexibility index (Phi) is 5.17. The van der Waals surface area contributed by atoms with Crippen molar-refractivity contribution in [2.24, 2.45) is 0 Å². The maximum Gasteiger partial charge on any atom is 0.418 e. The molecular formula is C13H17NO4. The molecule has 98 valence electrons. The van der Waals surface area contributed by atoms with Crippen LogP contribution in [0.25, 0.3) is 0 Å². The topological polar surface area (TPSA) is 66.8 Å². The molecule has 0 aromatic heterocycles. The van der Waals surface area contributed by atoms with Gasteiger partial charge in [0.15, 0.2) is 0 Å². The van der Waals surface area contributed by atoms with Crippen molar-refractivity contribution in [3.05, 3.63) is 24.3 Å². The van der Waals surface area contributed by atoms with E-state index in [4.69, 9.17) is 9.84 Å². The molecule has 0 aliphatic heterocycles. The third-order valence-electron chi connectivity index (χ3n) is 2.50. The number of ether oxygens (including phenoxy) is 1. The first-order valence-corrected chi connectivity index (χ1v) is 5.80. The van der Waals surface area contributed by atoms with Gasteiger partial charge in [0.2, 0.25) is 5.91 Å². The van der Waals surface area contributed by atoms with Crippen molar-refractivity contribution in [2.75, 3.05) is 12.0 Å². The van der Waals surface area contributed by atoms with Gasteiger partial charge in [0.25, 0.3) is 0 Å². The summed E-state index contributed by atoms with van der Waals surface area (Å²) in [5.41, 5.74) is 0.308. The minimum Gasteiger partial charge on any atom is -0.497 e. The molecule has 18 heavy (non-hydrogen) atoms. The van der Waals surface area contributed by atoms with Crippen molar-refractivity contribution < 1.29 is 19.4 Å². The molecule has 1 aromatic carbocycles. The average molecular weight is 251 g/mol. The second-order valence-corrected chi connectivity index (χ2v) is 3.82. The van der Waals surface area contributed by atoms with Crippen LogP contribution in [0, 0.1) is 0 Å². The van der Waals surface area contributed by atoms with Crippen molar-refractivity contribution in [1.82, 2.24) is 0 Å². The van der Waals surface area contributed by atoms with E-state index in [9.17, 15) is 9.59 Å². The fourth-order valence-corrected chi connectivity index (χ4v) is 1.55. The number of carboxylic acid groups (broad SMARTS) is 1. The van der Waals surface area contributed by atoms with Gasteiger partial charge in [-0.15, -0.1) is 0 Å². The number of imide groups is 1. The highest BCUT2D eigenvalue weighted by Crippen LogP contribution is 2.22. The van der Waals surface area contributed by atoms with Crippen LogP contribution < -0.4 is 9.64 Å². The molecule has 0 unspecified atom stereocenters. The summed E-state index contributed by atoms with van der Waals surface area (Å²) in [5, 5.41) is 9.12. The molecule has 0 fully saturated rings. The lowest BCUT2D eigenvalue weighted by atomic mass is 10.2. The molecule has 1 rings (SSSR count). The quantitative estimate of drug-likeness (QED) is 0.873. The highest BCUT2D eigenvalue weighted by atomic mass is 16.5. The van der Waals surface area contributed by atoms with Crippen LogP contribution in [-0.2, 0) is 4.79 Å². The standard InChI is InChI=1S/C13H17NO4/c1-3-4-8-12(15)14(13(16)17)10-6-5-7-11(9-10)18-2/h5-7,9H,3-4,8H2,1-2H3,(H,16,17). The van der Waals surface area contributed by atoms with Crippen LogP contribution in [0.3, 0.4) is 0 Å². The van der Waals surface area contributed by atoms with Crippen LogP contribution in [0.5, 0.6) is 5.75 Å². The summed E-state index contributed by atoms with van der Waals surface area (Å²) in [4.78, 5) is 23.8. The van der Waals surface area contributed by atoms with Gasteiger partial charge in [0.05, 0.1) is 12.8 Å². The van der Waals surface area contributed by atoms with Crippen LogP contribution in [-0.4, -0.2) is 24.2 Å². The molecule has 1 aromatic rings. The Morgan fingerprint density at radius 3 is 2.67 bits per heavy atom. The molecule has 5 heteroatoms. The zero-order chi connectivity index (χ0) is 13.5. The zero-order valence-corrected chi connectivity index (χ0v) is 10.5. The van der Waals surface area contributed by atoms with Crippen LogP contribution in [0.1, 0.15) is 26.2 Å². The number of methoxy groups -OCH3 is 1. The Balaban J connectivity index is 2.96. The maximum absolute atomic E-state index is 11.8. The summed E-state index contributed by atoms with van der Waals surface area (Å²) in [7, 11) is 1.49. The van der Waals surface area contributed by atoms with Gasteiger partial charge < -0.3 is 9.84 Å². The smallest absolute Gasteiger partial charge is 0.418 e. The minimum absolute atomic E-state index is 0.222. The Morgan fingerprint density at radius 1 is 1.39 bits per heavy atom. The molecule has 0 atom stereocenters. The molecule has 1 N–H and O–H groups in total. The minimum atomic E-state index is -1.27. The molecule has 0 heterocycles. The van der Waals surface area contributed by atoms with E-state index in [0.29, 0.717) is 17.9 Å². The number of unbranched alkanes of at least 4 members (excludes halogenated alkanes) is 1. The van der Waals surface area contributed by atoms with Gasteiger partial charge in [-0.2, -0.15) is 0 Å². The van der Waals surface area contributed by atoms with Crippen molar-refractivity contribution in [3.63, 3.8) is 0 Å². The van der Waals surface area contributed by atoms with Crippen LogP contribution >= 0.6 is 0 Å². The fourth-order valence-electron chi connectivity index (χ4n) is 1.55. The van der Waals surface area contributed by atoms with E-state index >= 15 is 0 Å². The number of hydrogen-bond acceptors (Lipinski definition) is 3. The predicted molar refractivity (Wildman–Crippen MR) is 68.0 cm³/mol. The molecule has 0 radical (unpaired) electrons. The first-order valence-electron chi connectivity index (χ1n) is 5.80. The molecule has 0 aliphatic carbocycles. The number of hydrogen-bond donors (Lipinski definition) is 1. The number of amides is 2. The van der Waals surface area contributed by atoms with Crippen molar-refractivity contribution >= 4 is 17.7 Å². The first-order chi connectivity index (χ1) is 8.60. The predicted octanol–water partition coefficient (Wildman–Crippen LogP) is 2.90. The summed E-state index contributed by atoms with van der Waals surface area (Å²) in [6.45, 7) is 1.95. The summed E-state index contributed by atoms with van der Waals surface area (Å²) >= 11 is 0. The van der Waals surface area contributed by atoms with Gasteiger partial charge in [0, 0.05) is 12.5 Å². The molecule has 2 amide bonds. The normalized spacial score (nSPS) is 9.89. The fraction of sp³-hybridized carbons (Fsp3) is 0.385. The molecule has 0 saturated heterocycles. The average Bonchev–Trinajstić information content (AvgIpc) is 2.36. The van der Waals surface area contributed by atoms with Crippen LogP contribution in [0.2, 0.25) is 0 Å². The summed E-state index contributed by atoms with van der Waals surface area (Å²) in [6, 6.07) is 6.44. The van der Waals surface area contributed by atoms with E-state index in [2.05, 4.69) is 0 Å². The number of nitrogens with zero attached hydrogens (tertiary/aromatic N) is 1. The SMILES string of the molecule is CCCCC(=O)N(C(=O)O)c1cccc(OC)c1. The molecule has 0 saturated carbocycles. The monoisotopic (exact) mass is 251 g/mol. The van der Waals surface area contributed by atoms with E-state index in [0.717, 1.165) is 11.3 Å². The highest BCUT2D eigenvalue weighted by Gasteiger charge is 2.22. The first kappa shape index (κ1) is 14.0. The van der Waals surface area contributed by atoms with Crippen molar-refractivity contribution in [1.29, 1.82) is 0 Å². The second-order valence-electron chi connectivity index (χ2n) is 3.82. The Bertz CT molecular complexity index is 431. The van der Waals surface area contributed by atoms with E-state index in [1.807, 2.05) is 6.92 Å². The van der Waals surface area contributed by atoms with Crippen LogP contribution in [0.15, 0.2) is 24.3 Å². The van der Waals surface area contributed by atoms with Gasteiger partial charge in [-0.3, -0.25) is 4.79 Å². The largest absolute Gasteiger partial charge is 0.497 e. The lowest BCUT2D eigenvalue weighted by Gasteiger charge is -2.17. The molecule has 0 spiro atoms. The molecular weight excluding hydrogens is 234 g/mol. The van der Waals surface area contributed by atoms with Crippen molar-refractivity contribution in [2.45, 2.75) is 26.2 Å². The summed E-state index contributed by atoms with van der Waals surface area (Å²) in [6.07, 6.45) is 0.466. The lowest BCUT2D eigenvalue weighted by molar-refractivity contribution is -0.118. The van der Waals surface area contributed by atoms with Gasteiger partial charge in [-0.25, -0.2) is 9.69 Å². The molecule has 5 nitrogen and oxygen atoms in total. The highest BCUT2D eigenvalue weighted by molar-refractivity contribution is 6.11. The van der Waals surface area contributed by atoms with Gasteiger partial charge in [-0.1, -0.05) is 19.4 Å². The Hall–Kier alpha value is -2.04. The number of carbonyl (C=O) groups excluding carboxylic acids is 1. The molecule has 0 aliphatic rings. The maximum atomic E-state index is 11.8. The number of benzene rings is 1.